The van der Waals surface area contributed by atoms with E-state index in [0.29, 0.717) is 19.3 Å². The zero-order valence-electron chi connectivity index (χ0n) is 45.5. The lowest BCUT2D eigenvalue weighted by Gasteiger charge is -2.21. The number of carbonyl (C=O) groups excluding carboxylic acids is 3. The molecule has 0 aliphatic heterocycles. The van der Waals surface area contributed by atoms with Crippen molar-refractivity contribution >= 4 is 25.7 Å². The summed E-state index contributed by atoms with van der Waals surface area (Å²) in [5.74, 6) is -1.46. The van der Waals surface area contributed by atoms with Gasteiger partial charge in [-0.1, -0.05) is 225 Å². The Morgan fingerprint density at radius 3 is 1.00 bits per heavy atom. The Morgan fingerprint density at radius 2 is 0.657 bits per heavy atom. The summed E-state index contributed by atoms with van der Waals surface area (Å²) in [4.78, 5) is 48.5. The van der Waals surface area contributed by atoms with E-state index < -0.39 is 57.8 Å². The number of phosphoric acid groups is 1. The first kappa shape index (κ1) is 68.0. The Labute approximate surface area is 429 Å². The third kappa shape index (κ3) is 50.9. The van der Waals surface area contributed by atoms with E-state index in [1.807, 2.05) is 0 Å². The quantitative estimate of drug-likeness (QED) is 0.0197. The summed E-state index contributed by atoms with van der Waals surface area (Å²) in [7, 11) is -4.74. The third-order valence-corrected chi connectivity index (χ3v) is 13.8. The molecule has 0 saturated heterocycles. The minimum atomic E-state index is -4.74. The maximum atomic E-state index is 12.9. The minimum Gasteiger partial charge on any atom is -0.462 e. The number of phosphoric ester groups is 1. The van der Waals surface area contributed by atoms with Gasteiger partial charge in [0, 0.05) is 19.3 Å². The summed E-state index contributed by atoms with van der Waals surface area (Å²) in [6.07, 6.45) is 52.7. The molecule has 0 fully saturated rings. The molecule has 0 rings (SSSR count). The summed E-state index contributed by atoms with van der Waals surface area (Å²) in [5, 5.41) is 9.80. The van der Waals surface area contributed by atoms with E-state index in [0.717, 1.165) is 96.3 Å². The minimum absolute atomic E-state index is 0.162. The number of ether oxygens (including phenoxy) is 3. The van der Waals surface area contributed by atoms with Gasteiger partial charge in [0.1, 0.15) is 12.7 Å². The molecule has 0 bridgehead atoms. The molecule has 0 aliphatic rings. The summed E-state index contributed by atoms with van der Waals surface area (Å²) < 4.78 is 39.5. The van der Waals surface area contributed by atoms with Gasteiger partial charge in [0.15, 0.2) is 6.10 Å². The highest BCUT2D eigenvalue weighted by molar-refractivity contribution is 7.47. The first-order valence-corrected chi connectivity index (χ1v) is 30.7. The standard InChI is InChI=1S/C58H109O11P/c1-4-7-10-13-16-19-22-25-27-30-32-35-38-41-44-47-56(60)65-51-55(69-58(62)49-46-43-40-37-34-31-28-26-23-20-17-14-11-8-5-2)53-67-70(63,64)66-52-54(50-59)68-57(61)48-45-42-39-36-33-29-24-21-18-15-12-9-6-3/h21,24,26,28,54-55,59H,4-20,22-23,25,27,29-53H2,1-3H3,(H,63,64)/b24-21-,28-26-. The molecule has 0 spiro atoms. The van der Waals surface area contributed by atoms with Gasteiger partial charge in [-0.2, -0.15) is 0 Å². The average molecular weight is 1010 g/mol. The van der Waals surface area contributed by atoms with E-state index in [-0.39, 0.29) is 25.9 Å². The Hall–Kier alpha value is -2.04. The second-order valence-electron chi connectivity index (χ2n) is 19.8. The Balaban J connectivity index is 4.70. The van der Waals surface area contributed by atoms with Gasteiger partial charge in [-0.3, -0.25) is 23.4 Å². The van der Waals surface area contributed by atoms with Gasteiger partial charge in [-0.25, -0.2) is 4.57 Å². The van der Waals surface area contributed by atoms with Crippen LogP contribution in [0, 0.1) is 0 Å². The number of rotatable bonds is 55. The number of aliphatic hydroxyl groups is 1. The molecule has 3 unspecified atom stereocenters. The second-order valence-corrected chi connectivity index (χ2v) is 21.3. The molecule has 0 aromatic carbocycles. The van der Waals surface area contributed by atoms with Crippen LogP contribution < -0.4 is 0 Å². The lowest BCUT2D eigenvalue weighted by atomic mass is 10.0. The van der Waals surface area contributed by atoms with Gasteiger partial charge in [-0.05, 0) is 70.6 Å². The molecule has 0 aromatic rings. The van der Waals surface area contributed by atoms with E-state index in [1.165, 1.54) is 135 Å². The highest BCUT2D eigenvalue weighted by Gasteiger charge is 2.28. The van der Waals surface area contributed by atoms with Gasteiger partial charge in [0.2, 0.25) is 0 Å². The topological polar surface area (TPSA) is 155 Å². The lowest BCUT2D eigenvalue weighted by molar-refractivity contribution is -0.161. The first-order chi connectivity index (χ1) is 34.2. The lowest BCUT2D eigenvalue weighted by Crippen LogP contribution is -2.30. The Bertz CT molecular complexity index is 1270. The molecule has 0 saturated carbocycles. The van der Waals surface area contributed by atoms with Crippen LogP contribution in [0.2, 0.25) is 0 Å². The highest BCUT2D eigenvalue weighted by atomic mass is 31.2. The fraction of sp³-hybridized carbons (Fsp3) is 0.879. The number of allylic oxidation sites excluding steroid dienone is 4. The summed E-state index contributed by atoms with van der Waals surface area (Å²) in [6.45, 7) is 4.65. The van der Waals surface area contributed by atoms with Gasteiger partial charge >= 0.3 is 25.7 Å². The third-order valence-electron chi connectivity index (χ3n) is 12.8. The van der Waals surface area contributed by atoms with Crippen LogP contribution >= 0.6 is 7.82 Å². The Kier molecular flexibility index (Phi) is 51.7. The maximum absolute atomic E-state index is 12.9. The Morgan fingerprint density at radius 1 is 0.386 bits per heavy atom. The fourth-order valence-electron chi connectivity index (χ4n) is 8.35. The zero-order chi connectivity index (χ0) is 51.3. The second kappa shape index (κ2) is 53.3. The molecule has 12 heteroatoms. The summed E-state index contributed by atoms with van der Waals surface area (Å²) in [6, 6.07) is 0. The van der Waals surface area contributed by atoms with Crippen molar-refractivity contribution in [3.05, 3.63) is 24.3 Å². The van der Waals surface area contributed by atoms with E-state index in [2.05, 4.69) is 45.1 Å². The molecular weight excluding hydrogens is 904 g/mol. The van der Waals surface area contributed by atoms with Crippen molar-refractivity contribution < 1.29 is 52.2 Å². The number of aliphatic hydroxyl groups excluding tert-OH is 1. The average Bonchev–Trinajstić information content (AvgIpc) is 3.35. The van der Waals surface area contributed by atoms with Crippen LogP contribution in [0.3, 0.4) is 0 Å². The molecule has 412 valence electrons. The van der Waals surface area contributed by atoms with Crippen molar-refractivity contribution in [1.29, 1.82) is 0 Å². The van der Waals surface area contributed by atoms with Gasteiger partial charge in [0.05, 0.1) is 19.8 Å². The van der Waals surface area contributed by atoms with Crippen LogP contribution in [-0.2, 0) is 42.2 Å². The molecule has 2 N–H and O–H groups in total. The molecule has 0 aromatic heterocycles. The molecule has 70 heavy (non-hydrogen) atoms. The first-order valence-electron chi connectivity index (χ1n) is 29.2. The normalized spacial score (nSPS) is 13.5. The molecule has 0 heterocycles. The highest BCUT2D eigenvalue weighted by Crippen LogP contribution is 2.43. The molecule has 0 aliphatic carbocycles. The van der Waals surface area contributed by atoms with Crippen molar-refractivity contribution in [3.63, 3.8) is 0 Å². The van der Waals surface area contributed by atoms with E-state index in [9.17, 15) is 28.9 Å². The van der Waals surface area contributed by atoms with Crippen molar-refractivity contribution in [3.8, 4) is 0 Å². The smallest absolute Gasteiger partial charge is 0.462 e. The molecule has 0 radical (unpaired) electrons. The number of hydrogen-bond acceptors (Lipinski definition) is 10. The molecule has 11 nitrogen and oxygen atoms in total. The van der Waals surface area contributed by atoms with Crippen LogP contribution in [-0.4, -0.2) is 66.5 Å². The molecule has 0 amide bonds. The van der Waals surface area contributed by atoms with Crippen molar-refractivity contribution in [2.24, 2.45) is 0 Å². The fourth-order valence-corrected chi connectivity index (χ4v) is 9.13. The van der Waals surface area contributed by atoms with Crippen LogP contribution in [0.25, 0.3) is 0 Å². The number of hydrogen-bond donors (Lipinski definition) is 2. The number of esters is 3. The van der Waals surface area contributed by atoms with E-state index in [1.54, 1.807) is 0 Å². The van der Waals surface area contributed by atoms with E-state index in [4.69, 9.17) is 23.3 Å². The van der Waals surface area contributed by atoms with Gasteiger partial charge in [0.25, 0.3) is 0 Å². The number of unbranched alkanes of at least 4 members (excludes halogenated alkanes) is 34. The SMILES string of the molecule is CCCCCC/C=C\CCCCCCCC(=O)OC(CO)COP(=O)(O)OCC(COC(=O)CCCCCCCCCCCCCCCCC)OC(=O)CCCCCCC/C=C\CCCCCCCC. The van der Waals surface area contributed by atoms with Gasteiger partial charge in [-0.15, -0.1) is 0 Å². The predicted octanol–water partition coefficient (Wildman–Crippen LogP) is 17.0. The predicted molar refractivity (Wildman–Crippen MR) is 289 cm³/mol. The largest absolute Gasteiger partial charge is 0.472 e. The zero-order valence-corrected chi connectivity index (χ0v) is 46.4. The molecule has 3 atom stereocenters. The molecular formula is C58H109O11P. The van der Waals surface area contributed by atoms with Crippen LogP contribution in [0.5, 0.6) is 0 Å². The number of carbonyl (C=O) groups is 3. The maximum Gasteiger partial charge on any atom is 0.472 e. The van der Waals surface area contributed by atoms with Crippen molar-refractivity contribution in [2.75, 3.05) is 26.4 Å². The van der Waals surface area contributed by atoms with Crippen LogP contribution in [0.1, 0.15) is 290 Å². The van der Waals surface area contributed by atoms with Crippen molar-refractivity contribution in [2.45, 2.75) is 303 Å². The van der Waals surface area contributed by atoms with Crippen LogP contribution in [0.4, 0.5) is 0 Å². The van der Waals surface area contributed by atoms with E-state index >= 15 is 0 Å². The summed E-state index contributed by atoms with van der Waals surface area (Å²) in [5.41, 5.74) is 0. The monoisotopic (exact) mass is 1010 g/mol. The van der Waals surface area contributed by atoms with Gasteiger partial charge < -0.3 is 24.2 Å². The van der Waals surface area contributed by atoms with Crippen LogP contribution in [0.15, 0.2) is 24.3 Å². The summed E-state index contributed by atoms with van der Waals surface area (Å²) >= 11 is 0. The van der Waals surface area contributed by atoms with Crippen molar-refractivity contribution in [1.82, 2.24) is 0 Å².